The number of carbonyl (C=O) groups excluding carboxylic acids is 2. The van der Waals surface area contributed by atoms with Crippen LogP contribution in [0.25, 0.3) is 11.5 Å². The monoisotopic (exact) mass is 417 g/mol. The first-order valence-electron chi connectivity index (χ1n) is 11.1. The number of likely N-dealkylation sites (tertiary alicyclic amines) is 2. The first kappa shape index (κ1) is 19.6. The lowest BCUT2D eigenvalue weighted by molar-refractivity contribution is -0.135. The Kier molecular flexibility index (Phi) is 5.32. The quantitative estimate of drug-likeness (QED) is 0.655. The number of nitrogens with zero attached hydrogens (tertiary/aromatic N) is 5. The van der Waals surface area contributed by atoms with Gasteiger partial charge in [0.15, 0.2) is 5.82 Å². The highest BCUT2D eigenvalue weighted by atomic mass is 16.2. The Morgan fingerprint density at radius 2 is 1.58 bits per heavy atom. The molecule has 0 N–H and O–H groups in total. The van der Waals surface area contributed by atoms with E-state index in [0.717, 1.165) is 44.5 Å². The van der Waals surface area contributed by atoms with Crippen molar-refractivity contribution >= 4 is 11.8 Å². The molecule has 5 rings (SSSR count). The molecule has 2 amide bonds. The molecule has 0 bridgehead atoms. The molecule has 0 aliphatic carbocycles. The molecule has 2 aliphatic heterocycles. The maximum absolute atomic E-state index is 13.6. The molecule has 1 atom stereocenters. The Labute approximate surface area is 181 Å². The van der Waals surface area contributed by atoms with Gasteiger partial charge in [-0.05, 0) is 49.9 Å². The predicted molar refractivity (Wildman–Crippen MR) is 117 cm³/mol. The van der Waals surface area contributed by atoms with Crippen molar-refractivity contribution in [2.24, 2.45) is 5.92 Å². The van der Waals surface area contributed by atoms with Crippen LogP contribution >= 0.6 is 0 Å². The van der Waals surface area contributed by atoms with Crippen LogP contribution in [0.3, 0.4) is 0 Å². The fourth-order valence-electron chi connectivity index (χ4n) is 4.70. The maximum Gasteiger partial charge on any atom is 0.259 e. The Bertz CT molecular complexity index is 1050. The van der Waals surface area contributed by atoms with Gasteiger partial charge in [-0.2, -0.15) is 5.10 Å². The van der Waals surface area contributed by atoms with E-state index in [1.54, 1.807) is 10.9 Å². The third-order valence-electron chi connectivity index (χ3n) is 6.30. The van der Waals surface area contributed by atoms with Crippen LogP contribution in [0.5, 0.6) is 0 Å². The minimum Gasteiger partial charge on any atom is -0.342 e. The van der Waals surface area contributed by atoms with E-state index < -0.39 is 0 Å². The van der Waals surface area contributed by atoms with Crippen molar-refractivity contribution < 1.29 is 9.59 Å². The lowest BCUT2D eigenvalue weighted by Crippen LogP contribution is -2.46. The molecule has 1 aromatic carbocycles. The van der Waals surface area contributed by atoms with Crippen molar-refractivity contribution in [3.8, 4) is 11.5 Å². The molecule has 0 spiro atoms. The minimum absolute atomic E-state index is 0.0650. The summed E-state index contributed by atoms with van der Waals surface area (Å²) in [5.41, 5.74) is 1.44. The van der Waals surface area contributed by atoms with E-state index in [2.05, 4.69) is 5.10 Å². The third kappa shape index (κ3) is 3.76. The van der Waals surface area contributed by atoms with Crippen LogP contribution in [0.4, 0.5) is 0 Å². The Morgan fingerprint density at radius 3 is 2.32 bits per heavy atom. The number of amides is 2. The van der Waals surface area contributed by atoms with Crippen molar-refractivity contribution in [2.75, 3.05) is 26.2 Å². The van der Waals surface area contributed by atoms with Gasteiger partial charge >= 0.3 is 0 Å². The summed E-state index contributed by atoms with van der Waals surface area (Å²) in [4.78, 5) is 30.3. The number of hydrogen-bond donors (Lipinski definition) is 0. The highest BCUT2D eigenvalue weighted by Gasteiger charge is 2.34. The van der Waals surface area contributed by atoms with Crippen LogP contribution in [-0.2, 0) is 4.79 Å². The zero-order chi connectivity index (χ0) is 21.2. The van der Waals surface area contributed by atoms with Gasteiger partial charge in [0, 0.05) is 38.6 Å². The molecule has 7 heteroatoms. The molecule has 3 aromatic rings. The van der Waals surface area contributed by atoms with E-state index in [9.17, 15) is 9.59 Å². The van der Waals surface area contributed by atoms with Crippen LogP contribution in [0, 0.1) is 5.92 Å². The van der Waals surface area contributed by atoms with E-state index in [0.29, 0.717) is 24.5 Å². The zero-order valence-corrected chi connectivity index (χ0v) is 17.6. The summed E-state index contributed by atoms with van der Waals surface area (Å²) in [6.07, 6.45) is 9.36. The molecular formula is C24H27N5O2. The fraction of sp³-hybridized carbons (Fsp3) is 0.375. The van der Waals surface area contributed by atoms with Gasteiger partial charge in [0.05, 0.1) is 17.8 Å². The average Bonchev–Trinajstić information content (AvgIpc) is 3.60. The predicted octanol–water partition coefficient (Wildman–Crippen LogP) is 3.14. The van der Waals surface area contributed by atoms with Gasteiger partial charge in [-0.15, -0.1) is 0 Å². The molecular weight excluding hydrogens is 390 g/mol. The summed E-state index contributed by atoms with van der Waals surface area (Å²) >= 11 is 0. The Hall–Kier alpha value is -3.35. The van der Waals surface area contributed by atoms with Gasteiger partial charge < -0.3 is 14.4 Å². The first-order valence-corrected chi connectivity index (χ1v) is 11.1. The number of piperidine rings is 1. The smallest absolute Gasteiger partial charge is 0.259 e. The highest BCUT2D eigenvalue weighted by Crippen LogP contribution is 2.26. The van der Waals surface area contributed by atoms with Crippen molar-refractivity contribution in [1.29, 1.82) is 0 Å². The lowest BCUT2D eigenvalue weighted by atomic mass is 9.96. The van der Waals surface area contributed by atoms with Crippen LogP contribution in [0.1, 0.15) is 36.0 Å². The fourth-order valence-corrected chi connectivity index (χ4v) is 4.70. The standard InChI is InChI=1S/C24H27N5O2/c30-23(27-14-6-7-15-27)19-9-8-16-28(18-19)24(31)21-17-25-29(20-10-2-1-3-11-20)22(21)26-12-4-5-13-26/h1-5,10-13,17,19H,6-9,14-16,18H2. The lowest BCUT2D eigenvalue weighted by Gasteiger charge is -2.34. The number of hydrogen-bond acceptors (Lipinski definition) is 3. The van der Waals surface area contributed by atoms with Gasteiger partial charge in [-0.1, -0.05) is 18.2 Å². The van der Waals surface area contributed by atoms with E-state index in [4.69, 9.17) is 0 Å². The van der Waals surface area contributed by atoms with Crippen LogP contribution in [0.2, 0.25) is 0 Å². The maximum atomic E-state index is 13.6. The van der Waals surface area contributed by atoms with Crippen molar-refractivity contribution in [3.63, 3.8) is 0 Å². The van der Waals surface area contributed by atoms with E-state index >= 15 is 0 Å². The summed E-state index contributed by atoms with van der Waals surface area (Å²) in [5, 5.41) is 4.55. The normalized spacial score (nSPS) is 19.0. The van der Waals surface area contributed by atoms with Crippen LogP contribution in [0.15, 0.2) is 61.1 Å². The molecule has 2 fully saturated rings. The first-order chi connectivity index (χ1) is 15.2. The van der Waals surface area contributed by atoms with Gasteiger partial charge in [0.1, 0.15) is 5.56 Å². The number of aromatic nitrogens is 3. The molecule has 160 valence electrons. The zero-order valence-electron chi connectivity index (χ0n) is 17.6. The van der Waals surface area contributed by atoms with Gasteiger partial charge in [0.2, 0.25) is 5.91 Å². The summed E-state index contributed by atoms with van der Waals surface area (Å²) in [7, 11) is 0. The van der Waals surface area contributed by atoms with Crippen molar-refractivity contribution in [2.45, 2.75) is 25.7 Å². The molecule has 2 saturated heterocycles. The average molecular weight is 418 g/mol. The second kappa shape index (κ2) is 8.41. The van der Waals surface area contributed by atoms with Crippen molar-refractivity contribution in [1.82, 2.24) is 24.1 Å². The van der Waals surface area contributed by atoms with Crippen LogP contribution in [-0.4, -0.2) is 62.1 Å². The van der Waals surface area contributed by atoms with Crippen LogP contribution < -0.4 is 0 Å². The molecule has 1 unspecified atom stereocenters. The number of benzene rings is 1. The van der Waals surface area contributed by atoms with Crippen molar-refractivity contribution in [3.05, 3.63) is 66.6 Å². The molecule has 2 aliphatic rings. The number of para-hydroxylation sites is 1. The third-order valence-corrected chi connectivity index (χ3v) is 6.30. The summed E-state index contributed by atoms with van der Waals surface area (Å²) in [5.74, 6) is 0.759. The Balaban J connectivity index is 1.44. The summed E-state index contributed by atoms with van der Waals surface area (Å²) in [6, 6.07) is 13.7. The largest absolute Gasteiger partial charge is 0.342 e. The highest BCUT2D eigenvalue weighted by molar-refractivity contribution is 5.97. The second-order valence-electron chi connectivity index (χ2n) is 8.34. The number of rotatable bonds is 4. The minimum atomic E-state index is -0.102. The molecule has 7 nitrogen and oxygen atoms in total. The van der Waals surface area contributed by atoms with Gasteiger partial charge in [-0.25, -0.2) is 4.68 Å². The molecule has 31 heavy (non-hydrogen) atoms. The second-order valence-corrected chi connectivity index (χ2v) is 8.34. The Morgan fingerprint density at radius 1 is 0.871 bits per heavy atom. The molecule has 0 saturated carbocycles. The SMILES string of the molecule is O=C(c1cnn(-c2ccccc2)c1-n1cccc1)N1CCCC(C(=O)N2CCCC2)C1. The van der Waals surface area contributed by atoms with Gasteiger partial charge in [-0.3, -0.25) is 9.59 Å². The molecule has 4 heterocycles. The van der Waals surface area contributed by atoms with E-state index in [1.807, 2.05) is 69.2 Å². The van der Waals surface area contributed by atoms with E-state index in [-0.39, 0.29) is 17.7 Å². The summed E-state index contributed by atoms with van der Waals surface area (Å²) in [6.45, 7) is 2.86. The topological polar surface area (TPSA) is 63.4 Å². The summed E-state index contributed by atoms with van der Waals surface area (Å²) < 4.78 is 3.72. The molecule has 0 radical (unpaired) electrons. The van der Waals surface area contributed by atoms with Gasteiger partial charge in [0.25, 0.3) is 5.91 Å². The number of carbonyl (C=O) groups is 2. The molecule has 2 aromatic heterocycles. The van der Waals surface area contributed by atoms with E-state index in [1.165, 1.54) is 0 Å².